The molecule has 1 amide bonds. The second-order valence-electron chi connectivity index (χ2n) is 7.33. The molecule has 1 N–H and O–H groups in total. The molecule has 1 unspecified atom stereocenters. The van der Waals surface area contributed by atoms with E-state index in [2.05, 4.69) is 20.8 Å². The predicted octanol–water partition coefficient (Wildman–Crippen LogP) is 4.52. The number of nitrogens with zero attached hydrogens (tertiary/aromatic N) is 4. The number of nitrogens with one attached hydrogen (secondary N) is 1. The number of benzene rings is 2. The first-order chi connectivity index (χ1) is 14.3. The largest absolute Gasteiger partial charge is 0.383 e. The fraction of sp³-hybridized carbons (Fsp3) is 0.333. The Morgan fingerprint density at radius 2 is 1.93 bits per heavy atom. The lowest BCUT2D eigenvalue weighted by Crippen LogP contribution is -2.35. The van der Waals surface area contributed by atoms with Gasteiger partial charge in [-0.05, 0) is 53.2 Å². The highest BCUT2D eigenvalue weighted by molar-refractivity contribution is 6.36. The zero-order valence-corrected chi connectivity index (χ0v) is 18.7. The molecule has 0 aliphatic carbocycles. The van der Waals surface area contributed by atoms with Crippen molar-refractivity contribution in [3.8, 4) is 16.8 Å². The number of halogens is 2. The number of methoxy groups -OCH3 is 1. The molecule has 158 valence electrons. The molecular formula is C21H23Cl2N5O2. The molecular weight excluding hydrogens is 425 g/mol. The number of hydrogen-bond donors (Lipinski definition) is 1. The summed E-state index contributed by atoms with van der Waals surface area (Å²) >= 11 is 12.5. The SMILES string of the molecule is COCC(C)NC(=O)c1cc(-c2ccc(Cl)cc2Cl)cc(-n2nnnc2C(C)C)c1. The molecule has 2 aromatic carbocycles. The van der Waals surface area contributed by atoms with Gasteiger partial charge in [-0.1, -0.05) is 43.1 Å². The summed E-state index contributed by atoms with van der Waals surface area (Å²) in [5.41, 5.74) is 2.63. The Bertz CT molecular complexity index is 1050. The minimum absolute atomic E-state index is 0.0989. The van der Waals surface area contributed by atoms with Crippen LogP contribution in [0, 0.1) is 0 Å². The quantitative estimate of drug-likeness (QED) is 0.575. The normalized spacial score (nSPS) is 12.2. The number of carbonyl (C=O) groups excluding carboxylic acids is 1. The molecule has 1 atom stereocenters. The smallest absolute Gasteiger partial charge is 0.251 e. The summed E-state index contributed by atoms with van der Waals surface area (Å²) in [6.07, 6.45) is 0. The standard InChI is InChI=1S/C21H23Cl2N5O2/c1-12(2)20-25-26-27-28(20)17-8-14(18-6-5-16(22)10-19(18)23)7-15(9-17)21(29)24-13(3)11-30-4/h5-10,12-13H,11H2,1-4H3,(H,24,29). The van der Waals surface area contributed by atoms with Crippen LogP contribution in [0.25, 0.3) is 16.8 Å². The Morgan fingerprint density at radius 1 is 1.17 bits per heavy atom. The van der Waals surface area contributed by atoms with Crippen LogP contribution in [0.4, 0.5) is 0 Å². The molecule has 3 aromatic rings. The first-order valence-electron chi connectivity index (χ1n) is 9.49. The monoisotopic (exact) mass is 447 g/mol. The van der Waals surface area contributed by atoms with Gasteiger partial charge in [-0.2, -0.15) is 4.68 Å². The van der Waals surface area contributed by atoms with Crippen LogP contribution < -0.4 is 5.32 Å². The van der Waals surface area contributed by atoms with Crippen molar-refractivity contribution in [2.45, 2.75) is 32.7 Å². The molecule has 1 heterocycles. The van der Waals surface area contributed by atoms with E-state index < -0.39 is 0 Å². The van der Waals surface area contributed by atoms with E-state index in [4.69, 9.17) is 27.9 Å². The average molecular weight is 448 g/mol. The number of carbonyl (C=O) groups is 1. The number of amides is 1. The summed E-state index contributed by atoms with van der Waals surface area (Å²) in [5, 5.41) is 16.0. The fourth-order valence-corrected chi connectivity index (χ4v) is 3.60. The summed E-state index contributed by atoms with van der Waals surface area (Å²) in [4.78, 5) is 12.9. The van der Waals surface area contributed by atoms with Gasteiger partial charge in [-0.15, -0.1) is 5.10 Å². The van der Waals surface area contributed by atoms with Crippen molar-refractivity contribution in [1.82, 2.24) is 25.5 Å². The summed E-state index contributed by atoms with van der Waals surface area (Å²) in [7, 11) is 1.59. The number of aromatic nitrogens is 4. The molecule has 3 rings (SSSR count). The molecule has 0 radical (unpaired) electrons. The molecule has 7 nitrogen and oxygen atoms in total. The number of rotatable bonds is 7. The second-order valence-corrected chi connectivity index (χ2v) is 8.17. The molecule has 0 fully saturated rings. The van der Waals surface area contributed by atoms with Gasteiger partial charge in [0.1, 0.15) is 0 Å². The fourth-order valence-electron chi connectivity index (χ4n) is 3.08. The van der Waals surface area contributed by atoms with Gasteiger partial charge in [-0.3, -0.25) is 4.79 Å². The van der Waals surface area contributed by atoms with Crippen molar-refractivity contribution in [2.24, 2.45) is 0 Å². The van der Waals surface area contributed by atoms with E-state index in [-0.39, 0.29) is 17.9 Å². The van der Waals surface area contributed by atoms with E-state index in [1.54, 1.807) is 36.1 Å². The highest BCUT2D eigenvalue weighted by atomic mass is 35.5. The molecule has 0 saturated heterocycles. The molecule has 0 bridgehead atoms. The van der Waals surface area contributed by atoms with Crippen LogP contribution in [0.1, 0.15) is 42.9 Å². The van der Waals surface area contributed by atoms with Gasteiger partial charge >= 0.3 is 0 Å². The lowest BCUT2D eigenvalue weighted by atomic mass is 10.0. The van der Waals surface area contributed by atoms with E-state index in [1.807, 2.05) is 32.9 Å². The summed E-state index contributed by atoms with van der Waals surface area (Å²) in [6.45, 7) is 6.29. The molecule has 0 aliphatic rings. The molecule has 1 aromatic heterocycles. The Hall–Kier alpha value is -2.48. The summed E-state index contributed by atoms with van der Waals surface area (Å²) in [6, 6.07) is 10.5. The van der Waals surface area contributed by atoms with Gasteiger partial charge in [0.25, 0.3) is 5.91 Å². The maximum Gasteiger partial charge on any atom is 0.251 e. The van der Waals surface area contributed by atoms with Crippen LogP contribution in [-0.2, 0) is 4.74 Å². The summed E-state index contributed by atoms with van der Waals surface area (Å²) in [5.74, 6) is 0.558. The first kappa shape index (κ1) is 22.2. The van der Waals surface area contributed by atoms with Crippen LogP contribution in [0.2, 0.25) is 10.0 Å². The third kappa shape index (κ3) is 4.98. The van der Waals surface area contributed by atoms with E-state index in [0.29, 0.717) is 33.7 Å². The van der Waals surface area contributed by atoms with Crippen LogP contribution in [0.15, 0.2) is 36.4 Å². The van der Waals surface area contributed by atoms with Gasteiger partial charge in [-0.25, -0.2) is 0 Å². The van der Waals surface area contributed by atoms with Gasteiger partial charge in [0.15, 0.2) is 5.82 Å². The maximum atomic E-state index is 12.9. The zero-order valence-electron chi connectivity index (χ0n) is 17.2. The topological polar surface area (TPSA) is 81.9 Å². The lowest BCUT2D eigenvalue weighted by Gasteiger charge is -2.16. The third-order valence-electron chi connectivity index (χ3n) is 4.47. The zero-order chi connectivity index (χ0) is 21.8. The van der Waals surface area contributed by atoms with Gasteiger partial charge in [0, 0.05) is 40.2 Å². The van der Waals surface area contributed by atoms with Gasteiger partial charge in [0.2, 0.25) is 0 Å². The van der Waals surface area contributed by atoms with Crippen LogP contribution >= 0.6 is 23.2 Å². The average Bonchev–Trinajstić information content (AvgIpc) is 3.18. The molecule has 0 aliphatic heterocycles. The second kappa shape index (κ2) is 9.55. The number of ether oxygens (including phenoxy) is 1. The van der Waals surface area contributed by atoms with Crippen molar-refractivity contribution < 1.29 is 9.53 Å². The van der Waals surface area contributed by atoms with Crippen LogP contribution in [0.3, 0.4) is 0 Å². The predicted molar refractivity (Wildman–Crippen MR) is 118 cm³/mol. The highest BCUT2D eigenvalue weighted by Gasteiger charge is 2.18. The Balaban J connectivity index is 2.12. The van der Waals surface area contributed by atoms with Gasteiger partial charge in [0.05, 0.1) is 12.3 Å². The molecule has 0 saturated carbocycles. The Labute approximate surface area is 185 Å². The summed E-state index contributed by atoms with van der Waals surface area (Å²) < 4.78 is 6.74. The Kier molecular flexibility index (Phi) is 7.07. The van der Waals surface area contributed by atoms with Crippen LogP contribution in [0.5, 0.6) is 0 Å². The minimum atomic E-state index is -0.230. The van der Waals surface area contributed by atoms with E-state index >= 15 is 0 Å². The van der Waals surface area contributed by atoms with Gasteiger partial charge < -0.3 is 10.1 Å². The highest BCUT2D eigenvalue weighted by Crippen LogP contribution is 2.32. The van der Waals surface area contributed by atoms with E-state index in [1.165, 1.54) is 0 Å². The van der Waals surface area contributed by atoms with Crippen molar-refractivity contribution >= 4 is 29.1 Å². The van der Waals surface area contributed by atoms with Crippen molar-refractivity contribution in [3.05, 3.63) is 57.8 Å². The van der Waals surface area contributed by atoms with Crippen molar-refractivity contribution in [2.75, 3.05) is 13.7 Å². The van der Waals surface area contributed by atoms with E-state index in [9.17, 15) is 4.79 Å². The van der Waals surface area contributed by atoms with Crippen molar-refractivity contribution in [3.63, 3.8) is 0 Å². The first-order valence-corrected chi connectivity index (χ1v) is 10.2. The van der Waals surface area contributed by atoms with Crippen molar-refractivity contribution in [1.29, 1.82) is 0 Å². The number of tetrazole rings is 1. The molecule has 30 heavy (non-hydrogen) atoms. The Morgan fingerprint density at radius 3 is 2.60 bits per heavy atom. The van der Waals surface area contributed by atoms with E-state index in [0.717, 1.165) is 11.1 Å². The maximum absolute atomic E-state index is 12.9. The minimum Gasteiger partial charge on any atom is -0.383 e. The molecule has 0 spiro atoms. The third-order valence-corrected chi connectivity index (χ3v) is 5.02. The molecule has 9 heteroatoms. The van der Waals surface area contributed by atoms with Crippen LogP contribution in [-0.4, -0.2) is 45.9 Å². The lowest BCUT2D eigenvalue weighted by molar-refractivity contribution is 0.0905. The number of hydrogen-bond acceptors (Lipinski definition) is 5.